The second kappa shape index (κ2) is 9.57. The Hall–Kier alpha value is -3.22. The smallest absolute Gasteiger partial charge is 0.227 e. The fourth-order valence-electron chi connectivity index (χ4n) is 4.19. The van der Waals surface area contributed by atoms with Gasteiger partial charge in [-0.3, -0.25) is 4.98 Å². The number of aliphatic hydroxyl groups is 1. The highest BCUT2D eigenvalue weighted by Crippen LogP contribution is 2.43. The fraction of sp³-hybridized carbons (Fsp3) is 0.250. The summed E-state index contributed by atoms with van der Waals surface area (Å²) in [6.45, 7) is 6.09. The fourth-order valence-corrected chi connectivity index (χ4v) is 5.15. The number of hydrogen-bond acceptors (Lipinski definition) is 6. The summed E-state index contributed by atoms with van der Waals surface area (Å²) in [5, 5.41) is 10.8. The number of aliphatic hydroxyl groups excluding tert-OH is 1. The molecule has 0 unspecified atom stereocenters. The molecule has 1 aliphatic heterocycles. The number of pyridine rings is 1. The van der Waals surface area contributed by atoms with Crippen LogP contribution in [0.2, 0.25) is 0 Å². The highest BCUT2D eigenvalue weighted by molar-refractivity contribution is 7.98. The van der Waals surface area contributed by atoms with Crippen LogP contribution < -0.4 is 4.74 Å². The summed E-state index contributed by atoms with van der Waals surface area (Å²) in [5.74, 6) is 2.72. The van der Waals surface area contributed by atoms with Gasteiger partial charge in [0.05, 0.1) is 17.9 Å². The second-order valence-electron chi connectivity index (χ2n) is 8.58. The molecule has 0 radical (unpaired) electrons. The van der Waals surface area contributed by atoms with Crippen molar-refractivity contribution in [2.75, 3.05) is 0 Å². The highest BCUT2D eigenvalue weighted by atomic mass is 32.2. The second-order valence-corrected chi connectivity index (χ2v) is 9.54. The molecule has 6 heteroatoms. The summed E-state index contributed by atoms with van der Waals surface area (Å²) >= 11 is 1.70. The van der Waals surface area contributed by atoms with Gasteiger partial charge in [0.25, 0.3) is 0 Å². The molecule has 1 aliphatic rings. The number of aryl methyl sites for hydroxylation is 3. The van der Waals surface area contributed by atoms with E-state index in [2.05, 4.69) is 67.4 Å². The summed E-state index contributed by atoms with van der Waals surface area (Å²) in [4.78, 5) is 14.2. The average molecular weight is 470 g/mol. The molecule has 1 N–H and O–H groups in total. The molecule has 0 atom stereocenters. The summed E-state index contributed by atoms with van der Waals surface area (Å²) in [6.07, 6.45) is 3.32. The van der Waals surface area contributed by atoms with Crippen LogP contribution in [0.1, 0.15) is 46.0 Å². The molecule has 5 rings (SSSR count). The van der Waals surface area contributed by atoms with Crippen LogP contribution in [0.5, 0.6) is 11.6 Å². The Labute approximate surface area is 204 Å². The van der Waals surface area contributed by atoms with Gasteiger partial charge in [-0.2, -0.15) is 4.98 Å². The van der Waals surface area contributed by atoms with Gasteiger partial charge < -0.3 is 9.84 Å². The molecule has 3 heterocycles. The van der Waals surface area contributed by atoms with Crippen molar-refractivity contribution < 1.29 is 9.84 Å². The largest absolute Gasteiger partial charge is 0.436 e. The number of thioether (sulfide) groups is 1. The quantitative estimate of drug-likeness (QED) is 0.236. The first-order valence-electron chi connectivity index (χ1n) is 11.5. The van der Waals surface area contributed by atoms with Crippen molar-refractivity contribution in [2.24, 2.45) is 0 Å². The molecule has 2 aromatic carbocycles. The number of benzene rings is 2. The monoisotopic (exact) mass is 469 g/mol. The van der Waals surface area contributed by atoms with Crippen LogP contribution in [-0.2, 0) is 25.2 Å². The predicted octanol–water partition coefficient (Wildman–Crippen LogP) is 6.20. The maximum atomic E-state index is 9.88. The molecule has 0 spiro atoms. The van der Waals surface area contributed by atoms with Crippen molar-refractivity contribution in [3.63, 3.8) is 0 Å². The van der Waals surface area contributed by atoms with E-state index < -0.39 is 0 Å². The lowest BCUT2D eigenvalue weighted by Crippen LogP contribution is -2.13. The van der Waals surface area contributed by atoms with Gasteiger partial charge in [-0.05, 0) is 31.4 Å². The Kier molecular flexibility index (Phi) is 6.35. The molecule has 5 nitrogen and oxygen atoms in total. The van der Waals surface area contributed by atoms with E-state index in [1.807, 2.05) is 6.92 Å². The molecule has 0 aliphatic carbocycles. The maximum Gasteiger partial charge on any atom is 0.227 e. The van der Waals surface area contributed by atoms with E-state index in [1.165, 1.54) is 16.7 Å². The van der Waals surface area contributed by atoms with Crippen molar-refractivity contribution in [1.82, 2.24) is 15.0 Å². The predicted molar refractivity (Wildman–Crippen MR) is 135 cm³/mol. The Morgan fingerprint density at radius 1 is 1.00 bits per heavy atom. The molecule has 0 saturated heterocycles. The van der Waals surface area contributed by atoms with Gasteiger partial charge in [0.1, 0.15) is 5.03 Å². The van der Waals surface area contributed by atoms with Crippen LogP contribution in [0.3, 0.4) is 0 Å². The van der Waals surface area contributed by atoms with Crippen molar-refractivity contribution in [2.45, 2.75) is 51.0 Å². The number of aromatic nitrogens is 3. The lowest BCUT2D eigenvalue weighted by atomic mass is 9.99. The first kappa shape index (κ1) is 22.6. The van der Waals surface area contributed by atoms with Crippen molar-refractivity contribution >= 4 is 11.8 Å². The van der Waals surface area contributed by atoms with E-state index >= 15 is 0 Å². The van der Waals surface area contributed by atoms with Crippen LogP contribution in [0.4, 0.5) is 0 Å². The van der Waals surface area contributed by atoms with E-state index in [0.717, 1.165) is 45.1 Å². The zero-order chi connectivity index (χ0) is 23.7. The Morgan fingerprint density at radius 3 is 2.56 bits per heavy atom. The zero-order valence-electron chi connectivity index (χ0n) is 19.6. The lowest BCUT2D eigenvalue weighted by molar-refractivity contribution is 0.278. The van der Waals surface area contributed by atoms with E-state index in [0.29, 0.717) is 23.9 Å². The number of nitrogens with zero attached hydrogens (tertiary/aromatic N) is 3. The minimum atomic E-state index is -0.0806. The number of ether oxygens (including phenoxy) is 1. The number of fused-ring (bicyclic) bond motifs is 2. The normalized spacial score (nSPS) is 12.1. The SMILES string of the molecule is CCc1ccc(-c2nc3c(c(SCc4cccc(C)c4)n2)Cc2c(CO)cnc(C)c2O3)cc1. The molecular weight excluding hydrogens is 442 g/mol. The van der Waals surface area contributed by atoms with Gasteiger partial charge in [-0.1, -0.05) is 61.0 Å². The molecule has 0 amide bonds. The lowest BCUT2D eigenvalue weighted by Gasteiger charge is -2.24. The third kappa shape index (κ3) is 4.43. The third-order valence-corrected chi connectivity index (χ3v) is 7.23. The Bertz CT molecular complexity index is 1350. The molecule has 0 bridgehead atoms. The van der Waals surface area contributed by atoms with Crippen molar-refractivity contribution in [3.05, 3.63) is 93.8 Å². The van der Waals surface area contributed by atoms with E-state index in [1.54, 1.807) is 18.0 Å². The minimum absolute atomic E-state index is 0.0806. The number of rotatable bonds is 6. The van der Waals surface area contributed by atoms with Gasteiger partial charge in [-0.25, -0.2) is 4.98 Å². The van der Waals surface area contributed by atoms with Crippen molar-refractivity contribution in [1.29, 1.82) is 0 Å². The molecule has 2 aromatic heterocycles. The van der Waals surface area contributed by atoms with Gasteiger partial charge >= 0.3 is 0 Å². The molecule has 34 heavy (non-hydrogen) atoms. The summed E-state index contributed by atoms with van der Waals surface area (Å²) < 4.78 is 6.33. The van der Waals surface area contributed by atoms with E-state index in [-0.39, 0.29) is 6.61 Å². The topological polar surface area (TPSA) is 68.1 Å². The highest BCUT2D eigenvalue weighted by Gasteiger charge is 2.27. The van der Waals surface area contributed by atoms with Crippen LogP contribution in [0, 0.1) is 13.8 Å². The standard InChI is InChI=1S/C28H27N3O2S/c1-4-19-8-10-21(11-9-19)26-30-27-24(13-23-22(15-32)14-29-18(3)25(23)33-27)28(31-26)34-16-20-7-5-6-17(2)12-20/h5-12,14,32H,4,13,15-16H2,1-3H3. The van der Waals surface area contributed by atoms with Crippen LogP contribution in [0.25, 0.3) is 11.4 Å². The van der Waals surface area contributed by atoms with E-state index in [4.69, 9.17) is 14.7 Å². The van der Waals surface area contributed by atoms with Gasteiger partial charge in [0.2, 0.25) is 5.88 Å². The van der Waals surface area contributed by atoms with Gasteiger partial charge in [0, 0.05) is 35.1 Å². The minimum Gasteiger partial charge on any atom is -0.436 e. The molecule has 172 valence electrons. The van der Waals surface area contributed by atoms with Gasteiger partial charge in [-0.15, -0.1) is 11.8 Å². The van der Waals surface area contributed by atoms with Crippen LogP contribution >= 0.6 is 11.8 Å². The molecule has 0 fully saturated rings. The third-order valence-electron chi connectivity index (χ3n) is 6.14. The first-order chi connectivity index (χ1) is 16.6. The van der Waals surface area contributed by atoms with Crippen LogP contribution in [0.15, 0.2) is 59.8 Å². The first-order valence-corrected chi connectivity index (χ1v) is 12.5. The summed E-state index contributed by atoms with van der Waals surface area (Å²) in [7, 11) is 0. The molecular formula is C28H27N3O2S. The zero-order valence-corrected chi connectivity index (χ0v) is 20.4. The van der Waals surface area contributed by atoms with E-state index in [9.17, 15) is 5.11 Å². The number of hydrogen-bond donors (Lipinski definition) is 1. The molecule has 0 saturated carbocycles. The van der Waals surface area contributed by atoms with Gasteiger partial charge in [0.15, 0.2) is 11.6 Å². The van der Waals surface area contributed by atoms with Crippen LogP contribution in [-0.4, -0.2) is 20.1 Å². The summed E-state index contributed by atoms with van der Waals surface area (Å²) in [6, 6.07) is 16.9. The summed E-state index contributed by atoms with van der Waals surface area (Å²) in [5.41, 5.74) is 8.22. The molecule has 4 aromatic rings. The average Bonchev–Trinajstić information content (AvgIpc) is 2.87. The Morgan fingerprint density at radius 2 is 1.82 bits per heavy atom. The van der Waals surface area contributed by atoms with Crippen molar-refractivity contribution in [3.8, 4) is 23.0 Å². The Balaban J connectivity index is 1.58. The maximum absolute atomic E-state index is 9.88.